The Balaban J connectivity index is 2.36. The van der Waals surface area contributed by atoms with Gasteiger partial charge in [-0.05, 0) is 18.4 Å². The normalized spacial score (nSPS) is 14.2. The second-order valence-electron chi connectivity index (χ2n) is 4.17. The lowest BCUT2D eigenvalue weighted by atomic mass is 10.0. The number of aliphatic hydroxyl groups excluding tert-OH is 1. The van der Waals surface area contributed by atoms with Crippen LogP contribution in [0, 0.1) is 0 Å². The average molecular weight is 221 g/mol. The highest BCUT2D eigenvalue weighted by Crippen LogP contribution is 2.12. The van der Waals surface area contributed by atoms with Crippen molar-refractivity contribution in [2.24, 2.45) is 0 Å². The fourth-order valence-electron chi connectivity index (χ4n) is 1.51. The van der Waals surface area contributed by atoms with Gasteiger partial charge in [0.2, 0.25) is 5.91 Å². The molecule has 0 bridgehead atoms. The Kier molecular flexibility index (Phi) is 4.99. The number of benzene rings is 1. The van der Waals surface area contributed by atoms with Crippen molar-refractivity contribution in [2.45, 2.75) is 32.3 Å². The fraction of sp³-hybridized carbons (Fsp3) is 0.462. The van der Waals surface area contributed by atoms with Gasteiger partial charge in [-0.2, -0.15) is 0 Å². The van der Waals surface area contributed by atoms with Crippen LogP contribution in [0.5, 0.6) is 0 Å². The van der Waals surface area contributed by atoms with Gasteiger partial charge in [0.25, 0.3) is 0 Å². The lowest BCUT2D eigenvalue weighted by Crippen LogP contribution is -2.29. The fourth-order valence-corrected chi connectivity index (χ4v) is 1.51. The van der Waals surface area contributed by atoms with Crippen molar-refractivity contribution < 1.29 is 9.90 Å². The summed E-state index contributed by atoms with van der Waals surface area (Å²) in [5, 5.41) is 11.9. The van der Waals surface area contributed by atoms with Gasteiger partial charge in [-0.3, -0.25) is 4.79 Å². The molecule has 1 rings (SSSR count). The molecular weight excluding hydrogens is 202 g/mol. The maximum absolute atomic E-state index is 11.3. The molecule has 3 heteroatoms. The molecule has 16 heavy (non-hydrogen) atoms. The summed E-state index contributed by atoms with van der Waals surface area (Å²) in [6, 6.07) is 10.0. The van der Waals surface area contributed by atoms with E-state index in [1.807, 2.05) is 30.3 Å². The number of hydrogen-bond donors (Lipinski definition) is 2. The Morgan fingerprint density at radius 1 is 1.31 bits per heavy atom. The summed E-state index contributed by atoms with van der Waals surface area (Å²) in [4.78, 5) is 11.3. The summed E-state index contributed by atoms with van der Waals surface area (Å²) < 4.78 is 0. The second kappa shape index (κ2) is 6.28. The van der Waals surface area contributed by atoms with E-state index in [1.54, 1.807) is 6.92 Å². The van der Waals surface area contributed by atoms with E-state index < -0.39 is 6.10 Å². The van der Waals surface area contributed by atoms with E-state index in [9.17, 15) is 4.79 Å². The number of hydrogen-bond acceptors (Lipinski definition) is 2. The Hall–Kier alpha value is -1.35. The summed E-state index contributed by atoms with van der Waals surface area (Å²) in [5.41, 5.74) is 1.21. The van der Waals surface area contributed by atoms with Crippen molar-refractivity contribution in [1.82, 2.24) is 5.32 Å². The predicted octanol–water partition coefficient (Wildman–Crippen LogP) is 1.68. The Labute approximate surface area is 96.5 Å². The molecule has 2 unspecified atom stereocenters. The van der Waals surface area contributed by atoms with Crippen LogP contribution < -0.4 is 5.32 Å². The van der Waals surface area contributed by atoms with Crippen molar-refractivity contribution in [1.29, 1.82) is 0 Å². The minimum Gasteiger partial charge on any atom is -0.393 e. The lowest BCUT2D eigenvalue weighted by Gasteiger charge is -2.13. The molecule has 0 saturated carbocycles. The van der Waals surface area contributed by atoms with E-state index in [1.165, 1.54) is 5.56 Å². The number of aliphatic hydroxyl groups is 1. The number of carbonyl (C=O) groups is 1. The second-order valence-corrected chi connectivity index (χ2v) is 4.17. The zero-order valence-electron chi connectivity index (χ0n) is 9.81. The van der Waals surface area contributed by atoms with Crippen LogP contribution in [0.25, 0.3) is 0 Å². The standard InChI is InChI=1S/C13H19NO2/c1-10(12-6-4-3-5-7-12)9-14-13(16)8-11(2)15/h3-7,10-11,15H,8-9H2,1-2H3,(H,14,16). The SMILES string of the molecule is CC(O)CC(=O)NCC(C)c1ccccc1. The van der Waals surface area contributed by atoms with Crippen LogP contribution in [0.15, 0.2) is 30.3 Å². The molecule has 2 atom stereocenters. The maximum atomic E-state index is 11.3. The van der Waals surface area contributed by atoms with Crippen molar-refractivity contribution >= 4 is 5.91 Å². The van der Waals surface area contributed by atoms with Crippen molar-refractivity contribution in [3.63, 3.8) is 0 Å². The highest BCUT2D eigenvalue weighted by molar-refractivity contribution is 5.76. The molecule has 0 aromatic heterocycles. The van der Waals surface area contributed by atoms with Gasteiger partial charge >= 0.3 is 0 Å². The first-order chi connectivity index (χ1) is 7.59. The summed E-state index contributed by atoms with van der Waals surface area (Å²) >= 11 is 0. The smallest absolute Gasteiger partial charge is 0.222 e. The first-order valence-corrected chi connectivity index (χ1v) is 5.59. The Morgan fingerprint density at radius 3 is 2.50 bits per heavy atom. The van der Waals surface area contributed by atoms with E-state index in [0.717, 1.165) is 0 Å². The van der Waals surface area contributed by atoms with Gasteiger partial charge in [0.1, 0.15) is 0 Å². The molecule has 88 valence electrons. The first kappa shape index (κ1) is 12.7. The van der Waals surface area contributed by atoms with Crippen LogP contribution in [-0.4, -0.2) is 23.7 Å². The zero-order chi connectivity index (χ0) is 12.0. The quantitative estimate of drug-likeness (QED) is 0.794. The summed E-state index contributed by atoms with van der Waals surface area (Å²) in [5.74, 6) is 0.192. The summed E-state index contributed by atoms with van der Waals surface area (Å²) in [7, 11) is 0. The van der Waals surface area contributed by atoms with Gasteiger partial charge in [-0.25, -0.2) is 0 Å². The van der Waals surface area contributed by atoms with Gasteiger partial charge in [-0.15, -0.1) is 0 Å². The monoisotopic (exact) mass is 221 g/mol. The molecule has 1 aromatic rings. The molecule has 0 spiro atoms. The van der Waals surface area contributed by atoms with E-state index >= 15 is 0 Å². The molecule has 0 heterocycles. The molecule has 2 N–H and O–H groups in total. The van der Waals surface area contributed by atoms with E-state index in [2.05, 4.69) is 12.2 Å². The van der Waals surface area contributed by atoms with E-state index in [-0.39, 0.29) is 12.3 Å². The number of nitrogens with one attached hydrogen (secondary N) is 1. The first-order valence-electron chi connectivity index (χ1n) is 5.59. The van der Waals surface area contributed by atoms with E-state index in [0.29, 0.717) is 12.5 Å². The van der Waals surface area contributed by atoms with Crippen LogP contribution in [0.4, 0.5) is 0 Å². The van der Waals surface area contributed by atoms with Gasteiger partial charge in [0.15, 0.2) is 0 Å². The van der Waals surface area contributed by atoms with Crippen molar-refractivity contribution in [3.8, 4) is 0 Å². The van der Waals surface area contributed by atoms with Crippen LogP contribution in [-0.2, 0) is 4.79 Å². The highest BCUT2D eigenvalue weighted by Gasteiger charge is 2.09. The van der Waals surface area contributed by atoms with Gasteiger partial charge in [-0.1, -0.05) is 37.3 Å². The van der Waals surface area contributed by atoms with Crippen LogP contribution in [0.1, 0.15) is 31.7 Å². The van der Waals surface area contributed by atoms with Gasteiger partial charge < -0.3 is 10.4 Å². The summed E-state index contributed by atoms with van der Waals surface area (Å²) in [6.45, 7) is 4.29. The molecule has 0 fully saturated rings. The third kappa shape index (κ3) is 4.45. The van der Waals surface area contributed by atoms with Crippen molar-refractivity contribution in [3.05, 3.63) is 35.9 Å². The third-order valence-corrected chi connectivity index (χ3v) is 2.45. The third-order valence-electron chi connectivity index (χ3n) is 2.45. The van der Waals surface area contributed by atoms with Crippen LogP contribution >= 0.6 is 0 Å². The summed E-state index contributed by atoms with van der Waals surface area (Å²) in [6.07, 6.45) is -0.409. The molecule has 0 radical (unpaired) electrons. The topological polar surface area (TPSA) is 49.3 Å². The van der Waals surface area contributed by atoms with Crippen LogP contribution in [0.3, 0.4) is 0 Å². The Bertz CT molecular complexity index is 322. The maximum Gasteiger partial charge on any atom is 0.222 e. The molecular formula is C13H19NO2. The molecule has 0 aliphatic carbocycles. The van der Waals surface area contributed by atoms with Gasteiger partial charge in [0.05, 0.1) is 12.5 Å². The van der Waals surface area contributed by atoms with E-state index in [4.69, 9.17) is 5.11 Å². The lowest BCUT2D eigenvalue weighted by molar-refractivity contribution is -0.122. The number of rotatable bonds is 5. The van der Waals surface area contributed by atoms with Crippen molar-refractivity contribution in [2.75, 3.05) is 6.54 Å². The highest BCUT2D eigenvalue weighted by atomic mass is 16.3. The molecule has 3 nitrogen and oxygen atoms in total. The molecule has 1 amide bonds. The molecule has 0 aliphatic rings. The molecule has 0 saturated heterocycles. The number of carbonyl (C=O) groups excluding carboxylic acids is 1. The zero-order valence-corrected chi connectivity index (χ0v) is 9.81. The minimum atomic E-state index is -0.577. The Morgan fingerprint density at radius 2 is 1.94 bits per heavy atom. The molecule has 1 aromatic carbocycles. The minimum absolute atomic E-state index is 0.0993. The largest absolute Gasteiger partial charge is 0.393 e. The van der Waals surface area contributed by atoms with Crippen LogP contribution in [0.2, 0.25) is 0 Å². The average Bonchev–Trinajstić information content (AvgIpc) is 2.26. The predicted molar refractivity (Wildman–Crippen MR) is 64.2 cm³/mol. The number of amides is 1. The van der Waals surface area contributed by atoms with Gasteiger partial charge in [0, 0.05) is 6.54 Å². The molecule has 0 aliphatic heterocycles.